The molecule has 0 heterocycles. The Bertz CT molecular complexity index is 296. The first kappa shape index (κ1) is 8.00. The summed E-state index contributed by atoms with van der Waals surface area (Å²) in [7, 11) is -2.91. The molecule has 0 atom stereocenters. The fraction of sp³-hybridized carbons (Fsp3) is 0. The highest BCUT2D eigenvalue weighted by Gasteiger charge is 1.93. The molecule has 1 aromatic rings. The van der Waals surface area contributed by atoms with Crippen LogP contribution in [-0.2, 0) is 11.0 Å². The quantitative estimate of drug-likeness (QED) is 0.675. The summed E-state index contributed by atoms with van der Waals surface area (Å²) < 4.78 is 36.4. The normalized spacial score (nSPS) is 10.0. The Balaban J connectivity index is 2.82. The predicted octanol–water partition coefficient (Wildman–Crippen LogP) is 0.731. The van der Waals surface area contributed by atoms with E-state index < -0.39 is 16.8 Å². The molecule has 11 heavy (non-hydrogen) atoms. The van der Waals surface area contributed by atoms with Crippen molar-refractivity contribution >= 4 is 11.0 Å². The third-order valence-corrected chi connectivity index (χ3v) is 1.35. The van der Waals surface area contributed by atoms with Gasteiger partial charge in [0.1, 0.15) is 11.6 Å². The van der Waals surface area contributed by atoms with Crippen molar-refractivity contribution in [3.8, 4) is 5.75 Å². The molecule has 0 aromatic heterocycles. The van der Waals surface area contributed by atoms with Gasteiger partial charge in [-0.1, -0.05) is 0 Å². The van der Waals surface area contributed by atoms with E-state index in [1.165, 1.54) is 12.1 Å². The van der Waals surface area contributed by atoms with Crippen LogP contribution < -0.4 is 4.18 Å². The largest absolute Gasteiger partial charge is 0.384 e. The molecular weight excluding hydrogens is 171 g/mol. The molecule has 0 fully saturated rings. The molecule has 0 unspecified atom stereocenters. The standard InChI is InChI=1S/C6H5FO3S/c7-5-1-3-6(4-2-5)10-11(8)9/h1-4,11H. The van der Waals surface area contributed by atoms with Crippen LogP contribution in [0.5, 0.6) is 5.75 Å². The highest BCUT2D eigenvalue weighted by Crippen LogP contribution is 2.10. The van der Waals surface area contributed by atoms with E-state index in [4.69, 9.17) is 0 Å². The van der Waals surface area contributed by atoms with Gasteiger partial charge in [-0.2, -0.15) is 8.42 Å². The lowest BCUT2D eigenvalue weighted by Crippen LogP contribution is -1.89. The van der Waals surface area contributed by atoms with E-state index >= 15 is 0 Å². The van der Waals surface area contributed by atoms with Crippen molar-refractivity contribution in [1.82, 2.24) is 0 Å². The Morgan fingerprint density at radius 3 is 2.18 bits per heavy atom. The molecule has 0 aliphatic heterocycles. The minimum atomic E-state index is -2.91. The zero-order valence-electron chi connectivity index (χ0n) is 5.36. The Hall–Kier alpha value is -1.10. The Labute approximate surface area is 64.6 Å². The van der Waals surface area contributed by atoms with Crippen LogP contribution >= 0.6 is 0 Å². The van der Waals surface area contributed by atoms with Gasteiger partial charge >= 0.3 is 0 Å². The number of benzene rings is 1. The van der Waals surface area contributed by atoms with Crippen molar-refractivity contribution in [2.24, 2.45) is 0 Å². The van der Waals surface area contributed by atoms with Crippen LogP contribution in [0.2, 0.25) is 0 Å². The van der Waals surface area contributed by atoms with Crippen LogP contribution in [0, 0.1) is 5.82 Å². The molecule has 0 spiro atoms. The van der Waals surface area contributed by atoms with Crippen molar-refractivity contribution in [2.75, 3.05) is 0 Å². The average molecular weight is 176 g/mol. The van der Waals surface area contributed by atoms with Gasteiger partial charge in [0, 0.05) is 0 Å². The van der Waals surface area contributed by atoms with Crippen LogP contribution in [-0.4, -0.2) is 8.42 Å². The van der Waals surface area contributed by atoms with Crippen molar-refractivity contribution in [2.45, 2.75) is 0 Å². The van der Waals surface area contributed by atoms with Crippen LogP contribution in [0.1, 0.15) is 0 Å². The second-order valence-electron chi connectivity index (χ2n) is 1.77. The van der Waals surface area contributed by atoms with E-state index in [9.17, 15) is 12.8 Å². The van der Waals surface area contributed by atoms with Crippen LogP contribution in [0.25, 0.3) is 0 Å². The smallest absolute Gasteiger partial charge is 0.299 e. The molecule has 5 heteroatoms. The maximum atomic E-state index is 12.2. The zero-order valence-corrected chi connectivity index (χ0v) is 6.25. The van der Waals surface area contributed by atoms with E-state index in [0.29, 0.717) is 0 Å². The van der Waals surface area contributed by atoms with Gasteiger partial charge in [0.15, 0.2) is 0 Å². The van der Waals surface area contributed by atoms with Gasteiger partial charge < -0.3 is 4.18 Å². The van der Waals surface area contributed by atoms with Gasteiger partial charge in [0.05, 0.1) is 0 Å². The SMILES string of the molecule is O=[SH](=O)Oc1ccc(F)cc1. The number of hydrogen-bond acceptors (Lipinski definition) is 3. The lowest BCUT2D eigenvalue weighted by molar-refractivity contribution is 0.509. The minimum Gasteiger partial charge on any atom is -0.384 e. The van der Waals surface area contributed by atoms with Gasteiger partial charge in [-0.15, -0.1) is 0 Å². The van der Waals surface area contributed by atoms with E-state index in [2.05, 4.69) is 4.18 Å². The fourth-order valence-corrected chi connectivity index (χ4v) is 0.875. The molecule has 1 aromatic carbocycles. The molecule has 1 rings (SSSR count). The summed E-state index contributed by atoms with van der Waals surface area (Å²) in [6, 6.07) is 4.71. The minimum absolute atomic E-state index is 0.113. The van der Waals surface area contributed by atoms with Crippen LogP contribution in [0.15, 0.2) is 24.3 Å². The summed E-state index contributed by atoms with van der Waals surface area (Å²) >= 11 is 0. The van der Waals surface area contributed by atoms with E-state index in [1.807, 2.05) is 0 Å². The third kappa shape index (κ3) is 2.55. The summed E-state index contributed by atoms with van der Waals surface area (Å²) in [5.41, 5.74) is 0. The second-order valence-corrected chi connectivity index (χ2v) is 2.40. The van der Waals surface area contributed by atoms with Gasteiger partial charge in [-0.3, -0.25) is 0 Å². The molecule has 0 aliphatic rings. The van der Waals surface area contributed by atoms with Crippen LogP contribution in [0.4, 0.5) is 4.39 Å². The molecule has 0 bridgehead atoms. The molecule has 0 saturated heterocycles. The third-order valence-electron chi connectivity index (χ3n) is 0.994. The predicted molar refractivity (Wildman–Crippen MR) is 37.3 cm³/mol. The Kier molecular flexibility index (Phi) is 2.43. The number of thiol groups is 1. The molecule has 0 N–H and O–H groups in total. The summed E-state index contributed by atoms with van der Waals surface area (Å²) in [4.78, 5) is 0. The van der Waals surface area contributed by atoms with Gasteiger partial charge in [0.2, 0.25) is 0 Å². The molecule has 3 nitrogen and oxygen atoms in total. The first-order valence-corrected chi connectivity index (χ1v) is 3.86. The molecule has 0 radical (unpaired) electrons. The van der Waals surface area contributed by atoms with Crippen molar-refractivity contribution in [1.29, 1.82) is 0 Å². The lowest BCUT2D eigenvalue weighted by atomic mass is 10.3. The van der Waals surface area contributed by atoms with Crippen molar-refractivity contribution in [3.05, 3.63) is 30.1 Å². The van der Waals surface area contributed by atoms with Gasteiger partial charge in [0.25, 0.3) is 11.0 Å². The van der Waals surface area contributed by atoms with E-state index in [1.54, 1.807) is 0 Å². The topological polar surface area (TPSA) is 43.4 Å². The van der Waals surface area contributed by atoms with Crippen molar-refractivity contribution in [3.63, 3.8) is 0 Å². The van der Waals surface area contributed by atoms with E-state index in [0.717, 1.165) is 12.1 Å². The summed E-state index contributed by atoms with van der Waals surface area (Å²) in [5, 5.41) is 0. The molecule has 0 amide bonds. The molecule has 0 aliphatic carbocycles. The van der Waals surface area contributed by atoms with Crippen LogP contribution in [0.3, 0.4) is 0 Å². The fourth-order valence-electron chi connectivity index (χ4n) is 0.582. The molecular formula is C6H5FO3S. The number of rotatable bonds is 2. The average Bonchev–Trinajstić information content (AvgIpc) is 1.93. The lowest BCUT2D eigenvalue weighted by Gasteiger charge is -1.94. The second kappa shape index (κ2) is 3.34. The number of halogens is 1. The first-order valence-electron chi connectivity index (χ1n) is 2.76. The summed E-state index contributed by atoms with van der Waals surface area (Å²) in [6.45, 7) is 0. The maximum Gasteiger partial charge on any atom is 0.299 e. The zero-order chi connectivity index (χ0) is 8.27. The Morgan fingerprint density at radius 2 is 1.73 bits per heavy atom. The Morgan fingerprint density at radius 1 is 1.18 bits per heavy atom. The highest BCUT2D eigenvalue weighted by atomic mass is 32.2. The molecule has 0 saturated carbocycles. The first-order chi connectivity index (χ1) is 5.18. The monoisotopic (exact) mass is 176 g/mol. The number of hydrogen-bond donors (Lipinski definition) is 1. The van der Waals surface area contributed by atoms with Gasteiger partial charge in [-0.05, 0) is 24.3 Å². The van der Waals surface area contributed by atoms with E-state index in [-0.39, 0.29) is 5.75 Å². The highest BCUT2D eigenvalue weighted by molar-refractivity contribution is 7.67. The van der Waals surface area contributed by atoms with Gasteiger partial charge in [-0.25, -0.2) is 4.39 Å². The maximum absolute atomic E-state index is 12.2. The molecule has 60 valence electrons. The van der Waals surface area contributed by atoms with Crippen molar-refractivity contribution < 1.29 is 17.0 Å². The summed E-state index contributed by atoms with van der Waals surface area (Å²) in [5.74, 6) is -0.319. The summed E-state index contributed by atoms with van der Waals surface area (Å²) in [6.07, 6.45) is 0.